The second-order valence-corrected chi connectivity index (χ2v) is 11.6. The maximum atomic E-state index is 14.0. The number of carbonyl (C=O) groups excluding carboxylic acids is 4. The molecule has 2 aliphatic rings. The second-order valence-electron chi connectivity index (χ2n) is 11.6. The van der Waals surface area contributed by atoms with Gasteiger partial charge in [0.05, 0.1) is 6.04 Å². The number of nitrogens with zero attached hydrogens (tertiary/aromatic N) is 1. The topological polar surface area (TPSA) is 116 Å². The van der Waals surface area contributed by atoms with Crippen LogP contribution in [0.25, 0.3) is 0 Å². The number of hydrogen-bond donors (Lipinski definition) is 3. The number of ketones is 1. The third-order valence-corrected chi connectivity index (χ3v) is 8.61. The lowest BCUT2D eigenvalue weighted by Crippen LogP contribution is -2.58. The molecule has 3 aromatic rings. The summed E-state index contributed by atoms with van der Waals surface area (Å²) in [4.78, 5) is 56.2. The Morgan fingerprint density at radius 1 is 0.744 bits per heavy atom. The minimum atomic E-state index is -0.870. The van der Waals surface area contributed by atoms with Crippen molar-refractivity contribution in [2.24, 2.45) is 5.92 Å². The van der Waals surface area contributed by atoms with Crippen molar-refractivity contribution in [3.63, 3.8) is 0 Å². The fourth-order valence-corrected chi connectivity index (χ4v) is 6.29. The van der Waals surface area contributed by atoms with Crippen LogP contribution in [-0.2, 0) is 16.0 Å². The monoisotopic (exact) mass is 581 g/mol. The van der Waals surface area contributed by atoms with E-state index in [1.54, 1.807) is 77.7 Å². The van der Waals surface area contributed by atoms with Gasteiger partial charge in [-0.3, -0.25) is 19.2 Å². The molecule has 224 valence electrons. The molecular weight excluding hydrogens is 542 g/mol. The van der Waals surface area contributed by atoms with Gasteiger partial charge >= 0.3 is 0 Å². The average Bonchev–Trinajstić information content (AvgIpc) is 3.55. The summed E-state index contributed by atoms with van der Waals surface area (Å²) in [7, 11) is 0. The third kappa shape index (κ3) is 7.49. The molecule has 3 atom stereocenters. The first-order valence-electron chi connectivity index (χ1n) is 15.2. The number of amides is 3. The average molecular weight is 582 g/mol. The Morgan fingerprint density at radius 2 is 1.37 bits per heavy atom. The van der Waals surface area contributed by atoms with Gasteiger partial charge in [-0.05, 0) is 61.4 Å². The summed E-state index contributed by atoms with van der Waals surface area (Å²) in [5, 5.41) is 15.7. The number of phenols is 1. The standard InChI is InChI=1S/C35H39N3O5/c39-28-20-18-24(19-21-28)23-29(32(40)26-13-6-2-7-14-26)36-34(42)31(25-11-4-1-5-12-25)37-33(41)30-17-10-22-38(30)35(43)27-15-8-3-9-16-27/h2-3,6-9,13-16,18-21,25,29-31,39H,1,4-5,10-12,17,22-23H2,(H,36,42)(H,37,41). The normalized spacial score (nSPS) is 18.4. The van der Waals surface area contributed by atoms with Crippen LogP contribution in [0, 0.1) is 5.92 Å². The van der Waals surface area contributed by atoms with Gasteiger partial charge in [0, 0.05) is 24.1 Å². The number of nitrogens with one attached hydrogen (secondary N) is 2. The van der Waals surface area contributed by atoms with E-state index in [2.05, 4.69) is 10.6 Å². The van der Waals surface area contributed by atoms with E-state index >= 15 is 0 Å². The lowest BCUT2D eigenvalue weighted by atomic mass is 9.83. The zero-order chi connectivity index (χ0) is 30.2. The van der Waals surface area contributed by atoms with Crippen LogP contribution < -0.4 is 10.6 Å². The molecule has 1 saturated heterocycles. The molecule has 0 aromatic heterocycles. The van der Waals surface area contributed by atoms with Crippen molar-refractivity contribution < 1.29 is 24.3 Å². The van der Waals surface area contributed by atoms with Crippen molar-refractivity contribution >= 4 is 23.5 Å². The quantitative estimate of drug-likeness (QED) is 0.301. The molecule has 3 unspecified atom stereocenters. The molecule has 8 nitrogen and oxygen atoms in total. The smallest absolute Gasteiger partial charge is 0.254 e. The molecule has 0 spiro atoms. The number of hydrogen-bond acceptors (Lipinski definition) is 5. The van der Waals surface area contributed by atoms with Crippen molar-refractivity contribution in [1.82, 2.24) is 15.5 Å². The molecule has 0 bridgehead atoms. The molecule has 3 aromatic carbocycles. The number of phenolic OH excluding ortho intramolecular Hbond substituents is 1. The molecule has 5 rings (SSSR count). The zero-order valence-corrected chi connectivity index (χ0v) is 24.3. The Morgan fingerprint density at radius 3 is 2.02 bits per heavy atom. The fraction of sp³-hybridized carbons (Fsp3) is 0.371. The van der Waals surface area contributed by atoms with Crippen molar-refractivity contribution in [2.75, 3.05) is 6.54 Å². The molecule has 1 heterocycles. The van der Waals surface area contributed by atoms with E-state index in [9.17, 15) is 24.3 Å². The first-order valence-corrected chi connectivity index (χ1v) is 15.2. The second kappa shape index (κ2) is 14.1. The van der Waals surface area contributed by atoms with Crippen LogP contribution in [0.15, 0.2) is 84.9 Å². The summed E-state index contributed by atoms with van der Waals surface area (Å²) >= 11 is 0. The van der Waals surface area contributed by atoms with Gasteiger partial charge in [-0.15, -0.1) is 0 Å². The van der Waals surface area contributed by atoms with Crippen LogP contribution in [0.2, 0.25) is 0 Å². The molecule has 0 radical (unpaired) electrons. The number of Topliss-reactive ketones (excluding diaryl/α,β-unsaturated/α-hetero) is 1. The van der Waals surface area contributed by atoms with Gasteiger partial charge in [-0.1, -0.05) is 79.9 Å². The predicted molar refractivity (Wildman–Crippen MR) is 164 cm³/mol. The lowest BCUT2D eigenvalue weighted by Gasteiger charge is -2.33. The zero-order valence-electron chi connectivity index (χ0n) is 24.3. The van der Waals surface area contributed by atoms with Gasteiger partial charge in [-0.2, -0.15) is 0 Å². The fourth-order valence-electron chi connectivity index (χ4n) is 6.29. The number of carbonyl (C=O) groups is 4. The summed E-state index contributed by atoms with van der Waals surface area (Å²) in [5.41, 5.74) is 1.79. The molecule has 1 aliphatic heterocycles. The van der Waals surface area contributed by atoms with Gasteiger partial charge in [0.25, 0.3) is 5.91 Å². The molecular formula is C35H39N3O5. The highest BCUT2D eigenvalue weighted by Gasteiger charge is 2.39. The van der Waals surface area contributed by atoms with Crippen LogP contribution >= 0.6 is 0 Å². The van der Waals surface area contributed by atoms with E-state index in [1.165, 1.54) is 0 Å². The first kappa shape index (κ1) is 30.0. The molecule has 2 fully saturated rings. The number of likely N-dealkylation sites (tertiary alicyclic amines) is 1. The van der Waals surface area contributed by atoms with Crippen LogP contribution in [-0.4, -0.2) is 58.2 Å². The Labute approximate surface area is 252 Å². The number of aromatic hydroxyl groups is 1. The van der Waals surface area contributed by atoms with Gasteiger partial charge in [0.1, 0.15) is 17.8 Å². The van der Waals surface area contributed by atoms with Gasteiger partial charge in [-0.25, -0.2) is 0 Å². The van der Waals surface area contributed by atoms with E-state index in [0.717, 1.165) is 37.7 Å². The van der Waals surface area contributed by atoms with E-state index in [1.807, 2.05) is 12.1 Å². The minimum Gasteiger partial charge on any atom is -0.508 e. The van der Waals surface area contributed by atoms with Gasteiger partial charge in [0.15, 0.2) is 5.78 Å². The lowest BCUT2D eigenvalue weighted by molar-refractivity contribution is -0.132. The summed E-state index contributed by atoms with van der Waals surface area (Å²) in [5.74, 6) is -1.11. The van der Waals surface area contributed by atoms with Crippen LogP contribution in [0.1, 0.15) is 71.2 Å². The minimum absolute atomic E-state index is 0.0708. The summed E-state index contributed by atoms with van der Waals surface area (Å²) in [6.45, 7) is 0.479. The highest BCUT2D eigenvalue weighted by molar-refractivity contribution is 6.03. The Balaban J connectivity index is 1.36. The predicted octanol–water partition coefficient (Wildman–Crippen LogP) is 4.67. The van der Waals surface area contributed by atoms with Crippen LogP contribution in [0.3, 0.4) is 0 Å². The van der Waals surface area contributed by atoms with Crippen molar-refractivity contribution in [3.05, 3.63) is 102 Å². The van der Waals surface area contributed by atoms with Crippen molar-refractivity contribution in [2.45, 2.75) is 69.5 Å². The maximum Gasteiger partial charge on any atom is 0.254 e. The molecule has 1 aliphatic carbocycles. The van der Waals surface area contributed by atoms with Gasteiger partial charge in [0.2, 0.25) is 11.8 Å². The number of benzene rings is 3. The summed E-state index contributed by atoms with van der Waals surface area (Å²) < 4.78 is 0. The number of rotatable bonds is 10. The molecule has 8 heteroatoms. The SMILES string of the molecule is O=C(c1ccccc1)C(Cc1ccc(O)cc1)NC(=O)C(NC(=O)C1CCCN1C(=O)c1ccccc1)C1CCCCC1. The van der Waals surface area contributed by atoms with Crippen LogP contribution in [0.5, 0.6) is 5.75 Å². The molecule has 43 heavy (non-hydrogen) atoms. The van der Waals surface area contributed by atoms with Crippen LogP contribution in [0.4, 0.5) is 0 Å². The Hall–Kier alpha value is -4.46. The summed E-state index contributed by atoms with van der Waals surface area (Å²) in [6, 6.07) is 22.0. The van der Waals surface area contributed by atoms with E-state index in [4.69, 9.17) is 0 Å². The van der Waals surface area contributed by atoms with Crippen molar-refractivity contribution in [3.8, 4) is 5.75 Å². The molecule has 3 N–H and O–H groups in total. The van der Waals surface area contributed by atoms with Crippen molar-refractivity contribution in [1.29, 1.82) is 0 Å². The highest BCUT2D eigenvalue weighted by atomic mass is 16.3. The Kier molecular flexibility index (Phi) is 9.87. The third-order valence-electron chi connectivity index (χ3n) is 8.61. The van der Waals surface area contributed by atoms with E-state index in [0.29, 0.717) is 30.5 Å². The largest absolute Gasteiger partial charge is 0.508 e. The molecule has 3 amide bonds. The maximum absolute atomic E-state index is 14.0. The Bertz CT molecular complexity index is 1400. The van der Waals surface area contributed by atoms with Gasteiger partial charge < -0.3 is 20.6 Å². The first-order chi connectivity index (χ1) is 20.9. The summed E-state index contributed by atoms with van der Waals surface area (Å²) in [6.07, 6.45) is 6.06. The highest BCUT2D eigenvalue weighted by Crippen LogP contribution is 2.28. The molecule has 1 saturated carbocycles. The van der Waals surface area contributed by atoms with E-state index in [-0.39, 0.29) is 35.7 Å². The van der Waals surface area contributed by atoms with E-state index < -0.39 is 24.0 Å².